The maximum absolute atomic E-state index is 13.7. The molecular weight excluding hydrogens is 382 g/mol. The number of hydrogen-bond donors (Lipinski definition) is 2. The van der Waals surface area contributed by atoms with Crippen LogP contribution in [0.15, 0.2) is 24.4 Å². The number of nitrogens with zero attached hydrogens (tertiary/aromatic N) is 2. The van der Waals surface area contributed by atoms with Gasteiger partial charge in [-0.1, -0.05) is 11.6 Å². The van der Waals surface area contributed by atoms with Gasteiger partial charge in [0.15, 0.2) is 11.6 Å². The van der Waals surface area contributed by atoms with Crippen molar-refractivity contribution < 1.29 is 4.39 Å². The molecule has 19 heavy (non-hydrogen) atoms. The van der Waals surface area contributed by atoms with Gasteiger partial charge in [-0.05, 0) is 47.7 Å². The van der Waals surface area contributed by atoms with Crippen LogP contribution in [0.3, 0.4) is 0 Å². The molecule has 0 radical (unpaired) electrons. The van der Waals surface area contributed by atoms with Gasteiger partial charge < -0.3 is 10.6 Å². The zero-order valence-corrected chi connectivity index (χ0v) is 13.0. The fourth-order valence-corrected chi connectivity index (χ4v) is 2.42. The summed E-state index contributed by atoms with van der Waals surface area (Å²) in [6.45, 7) is 2.59. The topological polar surface area (TPSA) is 49.8 Å². The Morgan fingerprint density at radius 3 is 2.89 bits per heavy atom. The van der Waals surface area contributed by atoms with E-state index >= 15 is 0 Å². The van der Waals surface area contributed by atoms with Crippen LogP contribution in [-0.4, -0.2) is 16.5 Å². The summed E-state index contributed by atoms with van der Waals surface area (Å²) in [6, 6.07) is 5.30. The van der Waals surface area contributed by atoms with Crippen molar-refractivity contribution in [2.45, 2.75) is 6.92 Å². The highest BCUT2D eigenvalue weighted by Crippen LogP contribution is 2.26. The first-order valence-corrected chi connectivity index (χ1v) is 7.04. The van der Waals surface area contributed by atoms with Gasteiger partial charge in [0.25, 0.3) is 0 Å². The van der Waals surface area contributed by atoms with E-state index in [-0.39, 0.29) is 5.82 Å². The lowest BCUT2D eigenvalue weighted by molar-refractivity contribution is 0.619. The van der Waals surface area contributed by atoms with Crippen molar-refractivity contribution >= 4 is 51.6 Å². The second kappa shape index (κ2) is 6.33. The highest BCUT2D eigenvalue weighted by Gasteiger charge is 2.09. The summed E-state index contributed by atoms with van der Waals surface area (Å²) in [5, 5.41) is 6.50. The van der Waals surface area contributed by atoms with Crippen LogP contribution in [0.2, 0.25) is 5.02 Å². The molecule has 2 aromatic rings. The quantitative estimate of drug-likeness (QED) is 0.771. The fourth-order valence-electron chi connectivity index (χ4n) is 1.42. The first kappa shape index (κ1) is 14.3. The summed E-state index contributed by atoms with van der Waals surface area (Å²) >= 11 is 8.00. The number of rotatable bonds is 4. The molecule has 100 valence electrons. The number of benzene rings is 1. The van der Waals surface area contributed by atoms with Crippen LogP contribution < -0.4 is 10.6 Å². The van der Waals surface area contributed by atoms with Gasteiger partial charge in [0.05, 0.1) is 11.9 Å². The van der Waals surface area contributed by atoms with Gasteiger partial charge in [0.1, 0.15) is 0 Å². The van der Waals surface area contributed by atoms with Gasteiger partial charge in [0.2, 0.25) is 5.95 Å². The summed E-state index contributed by atoms with van der Waals surface area (Å²) in [4.78, 5) is 7.92. The van der Waals surface area contributed by atoms with Gasteiger partial charge in [-0.25, -0.2) is 9.37 Å². The molecule has 0 bridgehead atoms. The average molecular weight is 393 g/mol. The molecule has 0 saturated heterocycles. The third-order valence-corrected chi connectivity index (χ3v) is 3.39. The van der Waals surface area contributed by atoms with E-state index in [1.165, 1.54) is 0 Å². The molecule has 0 aliphatic heterocycles. The van der Waals surface area contributed by atoms with Crippen molar-refractivity contribution in [3.05, 3.63) is 38.8 Å². The van der Waals surface area contributed by atoms with Crippen LogP contribution in [-0.2, 0) is 0 Å². The van der Waals surface area contributed by atoms with Crippen LogP contribution in [0.4, 0.5) is 21.8 Å². The molecule has 1 aromatic heterocycles. The molecule has 2 rings (SSSR count). The molecule has 0 saturated carbocycles. The lowest BCUT2D eigenvalue weighted by atomic mass is 10.3. The van der Waals surface area contributed by atoms with E-state index in [1.54, 1.807) is 18.2 Å². The van der Waals surface area contributed by atoms with Gasteiger partial charge in [-0.2, -0.15) is 4.98 Å². The standard InChI is InChI=1S/C12H11ClFIN4/c1-2-16-12-17-6-8(14)11(19-12)18-10-4-3-7(13)5-9(10)15/h3-6H,2H2,1H3,(H2,16,17,18,19). The van der Waals surface area contributed by atoms with E-state index < -0.39 is 5.82 Å². The first-order valence-electron chi connectivity index (χ1n) is 5.58. The monoisotopic (exact) mass is 392 g/mol. The Kier molecular flexibility index (Phi) is 4.76. The van der Waals surface area contributed by atoms with Crippen molar-refractivity contribution in [2.75, 3.05) is 17.2 Å². The summed E-state index contributed by atoms with van der Waals surface area (Å²) < 4.78 is 14.5. The number of aromatic nitrogens is 2. The number of anilines is 3. The molecule has 4 nitrogen and oxygen atoms in total. The maximum atomic E-state index is 13.7. The zero-order chi connectivity index (χ0) is 13.8. The van der Waals surface area contributed by atoms with E-state index in [4.69, 9.17) is 11.6 Å². The Balaban J connectivity index is 2.29. The second-order valence-corrected chi connectivity index (χ2v) is 5.27. The van der Waals surface area contributed by atoms with Crippen LogP contribution >= 0.6 is 34.2 Å². The van der Waals surface area contributed by atoms with Gasteiger partial charge in [-0.3, -0.25) is 0 Å². The number of nitrogens with one attached hydrogen (secondary N) is 2. The fraction of sp³-hybridized carbons (Fsp3) is 0.167. The minimum Gasteiger partial charge on any atom is -0.354 e. The highest BCUT2D eigenvalue weighted by molar-refractivity contribution is 14.1. The predicted octanol–water partition coefficient (Wildman–Crippen LogP) is 4.05. The number of halogens is 3. The Morgan fingerprint density at radius 2 is 2.21 bits per heavy atom. The largest absolute Gasteiger partial charge is 0.354 e. The lowest BCUT2D eigenvalue weighted by Crippen LogP contribution is -2.06. The van der Waals surface area contributed by atoms with E-state index in [1.807, 2.05) is 6.92 Å². The van der Waals surface area contributed by atoms with Gasteiger partial charge in [0, 0.05) is 15.1 Å². The van der Waals surface area contributed by atoms with Crippen LogP contribution in [0.25, 0.3) is 0 Å². The van der Waals surface area contributed by atoms with Crippen LogP contribution in [0.1, 0.15) is 6.92 Å². The molecule has 0 atom stereocenters. The summed E-state index contributed by atoms with van der Waals surface area (Å²) in [5.74, 6) is 0.00830. The lowest BCUT2D eigenvalue weighted by Gasteiger charge is -2.10. The van der Waals surface area contributed by atoms with Crippen molar-refractivity contribution in [1.29, 1.82) is 0 Å². The Bertz CT molecular complexity index is 594. The normalized spacial score (nSPS) is 10.3. The van der Waals surface area contributed by atoms with Gasteiger partial charge in [-0.15, -0.1) is 0 Å². The van der Waals surface area contributed by atoms with Crippen LogP contribution in [0, 0.1) is 9.39 Å². The maximum Gasteiger partial charge on any atom is 0.224 e. The third-order valence-electron chi connectivity index (χ3n) is 2.26. The Morgan fingerprint density at radius 1 is 1.42 bits per heavy atom. The minimum absolute atomic E-state index is 0.131. The van der Waals surface area contributed by atoms with Crippen molar-refractivity contribution in [2.24, 2.45) is 0 Å². The first-order chi connectivity index (χ1) is 9.10. The molecule has 1 heterocycles. The minimum atomic E-state index is -0.507. The molecule has 0 aliphatic carbocycles. The molecule has 0 amide bonds. The van der Waals surface area contributed by atoms with E-state index in [9.17, 15) is 4.39 Å². The van der Waals surface area contributed by atoms with Crippen molar-refractivity contribution in [3.63, 3.8) is 0 Å². The second-order valence-electron chi connectivity index (χ2n) is 3.67. The number of hydrogen-bond acceptors (Lipinski definition) is 4. The average Bonchev–Trinajstić information content (AvgIpc) is 2.37. The van der Waals surface area contributed by atoms with E-state index in [0.717, 1.165) is 15.5 Å². The van der Waals surface area contributed by atoms with E-state index in [2.05, 4.69) is 43.2 Å². The Hall–Kier alpha value is -1.15. The summed E-state index contributed by atoms with van der Waals surface area (Å²) in [7, 11) is 0. The molecule has 2 N–H and O–H groups in total. The smallest absolute Gasteiger partial charge is 0.224 e. The zero-order valence-electron chi connectivity index (χ0n) is 10.0. The predicted molar refractivity (Wildman–Crippen MR) is 83.6 cm³/mol. The van der Waals surface area contributed by atoms with Crippen LogP contribution in [0.5, 0.6) is 0 Å². The van der Waals surface area contributed by atoms with Crippen molar-refractivity contribution in [1.82, 2.24) is 9.97 Å². The molecule has 0 fully saturated rings. The molecule has 1 aromatic carbocycles. The molecular formula is C12H11ClFIN4. The SMILES string of the molecule is CCNc1ncc(F)c(Nc2ccc(Cl)cc2I)n1. The van der Waals surface area contributed by atoms with Crippen molar-refractivity contribution in [3.8, 4) is 0 Å². The molecule has 0 unspecified atom stereocenters. The Labute approximate surface area is 128 Å². The summed E-state index contributed by atoms with van der Waals surface area (Å²) in [5.41, 5.74) is 0.741. The summed E-state index contributed by atoms with van der Waals surface area (Å²) in [6.07, 6.45) is 1.14. The molecule has 7 heteroatoms. The van der Waals surface area contributed by atoms with Gasteiger partial charge >= 0.3 is 0 Å². The third kappa shape index (κ3) is 3.66. The van der Waals surface area contributed by atoms with E-state index in [0.29, 0.717) is 17.5 Å². The highest BCUT2D eigenvalue weighted by atomic mass is 127. The molecule has 0 spiro atoms. The molecule has 0 aliphatic rings.